The Bertz CT molecular complexity index is 706. The van der Waals surface area contributed by atoms with Crippen molar-refractivity contribution in [2.75, 3.05) is 25.1 Å². The first-order chi connectivity index (χ1) is 12.2. The Morgan fingerprint density at radius 1 is 1.08 bits per heavy atom. The van der Waals surface area contributed by atoms with Gasteiger partial charge in [-0.15, -0.1) is 0 Å². The van der Waals surface area contributed by atoms with E-state index < -0.39 is 0 Å². The van der Waals surface area contributed by atoms with Crippen molar-refractivity contribution >= 4 is 23.0 Å². The maximum atomic E-state index is 5.60. The quantitative estimate of drug-likeness (QED) is 0.766. The van der Waals surface area contributed by atoms with E-state index in [1.165, 1.54) is 5.56 Å². The molecule has 0 aromatic heterocycles. The van der Waals surface area contributed by atoms with E-state index in [0.29, 0.717) is 24.2 Å². The third-order valence-electron chi connectivity index (χ3n) is 4.30. The number of hydrogen-bond acceptors (Lipinski definition) is 3. The number of nitrogens with one attached hydrogen (secondary N) is 2. The Morgan fingerprint density at radius 3 is 2.60 bits per heavy atom. The number of ether oxygens (including phenoxy) is 2. The summed E-state index contributed by atoms with van der Waals surface area (Å²) < 4.78 is 11.1. The Hall–Kier alpha value is -2.27. The molecule has 0 saturated carbocycles. The number of fused-ring (bicyclic) bond motifs is 1. The first kappa shape index (κ1) is 17.5. The smallest absolute Gasteiger partial charge is 0.170 e. The van der Waals surface area contributed by atoms with Crippen LogP contribution in [0.1, 0.15) is 18.9 Å². The summed E-state index contributed by atoms with van der Waals surface area (Å²) in [5.74, 6) is 2.08. The van der Waals surface area contributed by atoms with Crippen LogP contribution in [0.4, 0.5) is 5.69 Å². The standard InChI is InChI=1S/C20H24N2O2S/c1-2-15(12-16-6-4-3-5-7-16)14-21-20(25)22-17-8-9-18-19(13-17)24-11-10-23-18/h3-9,13,15H,2,10-12,14H2,1H3,(H2,21,22,25)/t15-/m1/s1. The van der Waals surface area contributed by atoms with Gasteiger partial charge in [-0.05, 0) is 42.3 Å². The number of hydrogen-bond donors (Lipinski definition) is 2. The minimum Gasteiger partial charge on any atom is -0.486 e. The lowest BCUT2D eigenvalue weighted by molar-refractivity contribution is 0.171. The Balaban J connectivity index is 1.50. The zero-order valence-corrected chi connectivity index (χ0v) is 15.3. The molecule has 1 aliphatic rings. The van der Waals surface area contributed by atoms with Gasteiger partial charge in [0.2, 0.25) is 0 Å². The average molecular weight is 356 g/mol. The van der Waals surface area contributed by atoms with Gasteiger partial charge in [-0.2, -0.15) is 0 Å². The molecule has 4 nitrogen and oxygen atoms in total. The van der Waals surface area contributed by atoms with E-state index in [4.69, 9.17) is 21.7 Å². The van der Waals surface area contributed by atoms with Crippen LogP contribution in [0.2, 0.25) is 0 Å². The molecule has 0 bridgehead atoms. The molecule has 0 saturated heterocycles. The fourth-order valence-corrected chi connectivity index (χ4v) is 3.04. The van der Waals surface area contributed by atoms with Crippen LogP contribution in [-0.2, 0) is 6.42 Å². The summed E-state index contributed by atoms with van der Waals surface area (Å²) in [5.41, 5.74) is 2.26. The summed E-state index contributed by atoms with van der Waals surface area (Å²) in [6, 6.07) is 16.3. The molecule has 1 heterocycles. The predicted octanol–water partition coefficient (Wildman–Crippen LogP) is 4.01. The topological polar surface area (TPSA) is 42.5 Å². The van der Waals surface area contributed by atoms with Crippen molar-refractivity contribution < 1.29 is 9.47 Å². The van der Waals surface area contributed by atoms with E-state index in [9.17, 15) is 0 Å². The third-order valence-corrected chi connectivity index (χ3v) is 4.54. The highest BCUT2D eigenvalue weighted by molar-refractivity contribution is 7.80. The summed E-state index contributed by atoms with van der Waals surface area (Å²) in [5, 5.41) is 7.18. The van der Waals surface area contributed by atoms with Gasteiger partial charge in [-0.25, -0.2) is 0 Å². The monoisotopic (exact) mass is 356 g/mol. The fraction of sp³-hybridized carbons (Fsp3) is 0.350. The average Bonchev–Trinajstić information content (AvgIpc) is 2.66. The van der Waals surface area contributed by atoms with Gasteiger partial charge < -0.3 is 20.1 Å². The maximum absolute atomic E-state index is 5.60. The molecular formula is C20H24N2O2S. The zero-order chi connectivity index (χ0) is 17.5. The van der Waals surface area contributed by atoms with Gasteiger partial charge >= 0.3 is 0 Å². The van der Waals surface area contributed by atoms with Crippen molar-refractivity contribution in [3.8, 4) is 11.5 Å². The lowest BCUT2D eigenvalue weighted by Gasteiger charge is -2.20. The Morgan fingerprint density at radius 2 is 1.84 bits per heavy atom. The molecule has 1 atom stereocenters. The maximum Gasteiger partial charge on any atom is 0.170 e. The summed E-state index contributed by atoms with van der Waals surface area (Å²) >= 11 is 5.43. The highest BCUT2D eigenvalue weighted by atomic mass is 32.1. The van der Waals surface area contributed by atoms with Crippen LogP contribution in [0.15, 0.2) is 48.5 Å². The molecule has 2 aromatic rings. The number of rotatable bonds is 6. The molecule has 0 aliphatic carbocycles. The first-order valence-corrected chi connectivity index (χ1v) is 9.14. The Labute approximate surface area is 154 Å². The van der Waals surface area contributed by atoms with Crippen LogP contribution in [0.25, 0.3) is 0 Å². The summed E-state index contributed by atoms with van der Waals surface area (Å²) in [6.45, 7) is 4.24. The van der Waals surface area contributed by atoms with Crippen LogP contribution in [0.3, 0.4) is 0 Å². The minimum absolute atomic E-state index is 0.544. The van der Waals surface area contributed by atoms with Crippen LogP contribution in [-0.4, -0.2) is 24.9 Å². The van der Waals surface area contributed by atoms with E-state index in [2.05, 4.69) is 47.9 Å². The predicted molar refractivity (Wildman–Crippen MR) is 106 cm³/mol. The summed E-state index contributed by atoms with van der Waals surface area (Å²) in [4.78, 5) is 0. The summed E-state index contributed by atoms with van der Waals surface area (Å²) in [6.07, 6.45) is 2.16. The van der Waals surface area contributed by atoms with Gasteiger partial charge in [0, 0.05) is 18.3 Å². The molecule has 1 aliphatic heterocycles. The zero-order valence-electron chi connectivity index (χ0n) is 14.5. The fourth-order valence-electron chi connectivity index (χ4n) is 2.84. The number of benzene rings is 2. The molecule has 0 spiro atoms. The molecule has 3 rings (SSSR count). The van der Waals surface area contributed by atoms with Gasteiger partial charge in [0.25, 0.3) is 0 Å². The highest BCUT2D eigenvalue weighted by Crippen LogP contribution is 2.32. The molecule has 2 N–H and O–H groups in total. The number of thiocarbonyl (C=S) groups is 1. The van der Waals surface area contributed by atoms with E-state index in [1.807, 2.05) is 18.2 Å². The second kappa shape index (κ2) is 8.72. The highest BCUT2D eigenvalue weighted by Gasteiger charge is 2.12. The van der Waals surface area contributed by atoms with E-state index in [0.717, 1.165) is 36.6 Å². The lowest BCUT2D eigenvalue weighted by atomic mass is 9.97. The van der Waals surface area contributed by atoms with Crippen molar-refractivity contribution in [2.45, 2.75) is 19.8 Å². The molecule has 2 aromatic carbocycles. The Kier molecular flexibility index (Phi) is 6.12. The number of anilines is 1. The van der Waals surface area contributed by atoms with Gasteiger partial charge in [-0.1, -0.05) is 43.7 Å². The van der Waals surface area contributed by atoms with Gasteiger partial charge in [0.15, 0.2) is 16.6 Å². The van der Waals surface area contributed by atoms with Gasteiger partial charge in [0.1, 0.15) is 13.2 Å². The minimum atomic E-state index is 0.544. The van der Waals surface area contributed by atoms with E-state index in [1.54, 1.807) is 0 Å². The van der Waals surface area contributed by atoms with E-state index in [-0.39, 0.29) is 0 Å². The second-order valence-electron chi connectivity index (χ2n) is 6.16. The van der Waals surface area contributed by atoms with E-state index >= 15 is 0 Å². The van der Waals surface area contributed by atoms with Gasteiger partial charge in [0.05, 0.1) is 0 Å². The molecule has 5 heteroatoms. The first-order valence-electron chi connectivity index (χ1n) is 8.73. The lowest BCUT2D eigenvalue weighted by Crippen LogP contribution is -2.33. The molecule has 0 unspecified atom stereocenters. The van der Waals surface area contributed by atoms with Crippen LogP contribution in [0.5, 0.6) is 11.5 Å². The van der Waals surface area contributed by atoms with Crippen molar-refractivity contribution in [3.63, 3.8) is 0 Å². The molecule has 0 amide bonds. The van der Waals surface area contributed by atoms with Crippen molar-refractivity contribution in [1.29, 1.82) is 0 Å². The summed E-state index contributed by atoms with van der Waals surface area (Å²) in [7, 11) is 0. The molecule has 132 valence electrons. The van der Waals surface area contributed by atoms with Crippen molar-refractivity contribution in [3.05, 3.63) is 54.1 Å². The normalized spacial score (nSPS) is 13.8. The van der Waals surface area contributed by atoms with Crippen LogP contribution in [0, 0.1) is 5.92 Å². The molecule has 0 radical (unpaired) electrons. The molecule has 25 heavy (non-hydrogen) atoms. The van der Waals surface area contributed by atoms with Crippen molar-refractivity contribution in [1.82, 2.24) is 5.32 Å². The SMILES string of the molecule is CC[C@@H](CNC(=S)Nc1ccc2c(c1)OCCO2)Cc1ccccc1. The molecule has 0 fully saturated rings. The second-order valence-corrected chi connectivity index (χ2v) is 6.57. The van der Waals surface area contributed by atoms with Gasteiger partial charge in [-0.3, -0.25) is 0 Å². The largest absolute Gasteiger partial charge is 0.486 e. The van der Waals surface area contributed by atoms with Crippen LogP contribution < -0.4 is 20.1 Å². The molecular weight excluding hydrogens is 332 g/mol. The van der Waals surface area contributed by atoms with Crippen molar-refractivity contribution in [2.24, 2.45) is 5.92 Å². The third kappa shape index (κ3) is 5.10. The van der Waals surface area contributed by atoms with Crippen LogP contribution >= 0.6 is 12.2 Å².